The highest BCUT2D eigenvalue weighted by atomic mass is 32.2. The summed E-state index contributed by atoms with van der Waals surface area (Å²) >= 11 is 1.92. The molecule has 0 bridgehead atoms. The maximum atomic E-state index is 11.1. The van der Waals surface area contributed by atoms with Gasteiger partial charge in [0, 0.05) is 9.64 Å². The third-order valence-corrected chi connectivity index (χ3v) is 6.23. The van der Waals surface area contributed by atoms with E-state index >= 15 is 0 Å². The Bertz CT molecular complexity index is 389. The topological polar surface area (TPSA) is 20.2 Å². The Morgan fingerprint density at radius 1 is 0.833 bits per heavy atom. The summed E-state index contributed by atoms with van der Waals surface area (Å²) in [7, 11) is 0. The van der Waals surface area contributed by atoms with E-state index in [0.717, 1.165) is 12.8 Å². The molecule has 2 heteroatoms. The van der Waals surface area contributed by atoms with Crippen LogP contribution in [0.25, 0.3) is 0 Å². The highest BCUT2D eigenvalue weighted by Gasteiger charge is 2.58. The average molecular weight is 262 g/mol. The van der Waals surface area contributed by atoms with Crippen molar-refractivity contribution in [1.29, 1.82) is 0 Å². The summed E-state index contributed by atoms with van der Waals surface area (Å²) in [4.78, 5) is 1.31. The average Bonchev–Trinajstić information content (AvgIpc) is 3.17. The van der Waals surface area contributed by atoms with Gasteiger partial charge in [-0.25, -0.2) is 0 Å². The van der Waals surface area contributed by atoms with Crippen molar-refractivity contribution >= 4 is 11.8 Å². The van der Waals surface area contributed by atoms with Gasteiger partial charge in [-0.2, -0.15) is 0 Å². The van der Waals surface area contributed by atoms with Crippen molar-refractivity contribution in [3.8, 4) is 0 Å². The van der Waals surface area contributed by atoms with E-state index in [9.17, 15) is 5.11 Å². The number of rotatable bonds is 3. The Kier molecular flexibility index (Phi) is 3.42. The molecule has 2 aliphatic carbocycles. The first-order chi connectivity index (χ1) is 8.74. The molecule has 1 aromatic rings. The molecule has 0 unspecified atom stereocenters. The van der Waals surface area contributed by atoms with Crippen LogP contribution in [0.5, 0.6) is 0 Å². The molecule has 1 nitrogen and oxygen atoms in total. The van der Waals surface area contributed by atoms with E-state index in [-0.39, 0.29) is 4.75 Å². The Hall–Kier alpha value is -0.470. The van der Waals surface area contributed by atoms with Gasteiger partial charge >= 0.3 is 0 Å². The summed E-state index contributed by atoms with van der Waals surface area (Å²) in [5.74, 6) is 0. The van der Waals surface area contributed by atoms with E-state index in [1.165, 1.54) is 43.4 Å². The second kappa shape index (κ2) is 4.90. The van der Waals surface area contributed by atoms with Gasteiger partial charge in [0.1, 0.15) is 0 Å². The second-order valence-electron chi connectivity index (χ2n) is 5.86. The van der Waals surface area contributed by atoms with E-state index in [0.29, 0.717) is 0 Å². The number of benzene rings is 1. The molecule has 0 heterocycles. The van der Waals surface area contributed by atoms with Crippen molar-refractivity contribution in [3.63, 3.8) is 0 Å². The van der Waals surface area contributed by atoms with Crippen molar-refractivity contribution in [1.82, 2.24) is 0 Å². The first-order valence-electron chi connectivity index (χ1n) is 7.21. The van der Waals surface area contributed by atoms with Crippen molar-refractivity contribution in [2.24, 2.45) is 0 Å². The first-order valence-corrected chi connectivity index (χ1v) is 8.02. The highest BCUT2D eigenvalue weighted by molar-refractivity contribution is 8.01. The molecule has 2 fully saturated rings. The van der Waals surface area contributed by atoms with Crippen LogP contribution in [0.3, 0.4) is 0 Å². The van der Waals surface area contributed by atoms with E-state index in [4.69, 9.17) is 0 Å². The van der Waals surface area contributed by atoms with Gasteiger partial charge in [-0.15, -0.1) is 11.8 Å². The minimum absolute atomic E-state index is 0.124. The molecular formula is C16H22OS. The smallest absolute Gasteiger partial charge is 0.0797 e. The van der Waals surface area contributed by atoms with E-state index in [1.54, 1.807) is 0 Å². The fourth-order valence-corrected chi connectivity index (χ4v) is 4.70. The summed E-state index contributed by atoms with van der Waals surface area (Å²) in [6.07, 6.45) is 9.38. The van der Waals surface area contributed by atoms with Crippen LogP contribution < -0.4 is 0 Å². The van der Waals surface area contributed by atoms with Crippen LogP contribution in [0.2, 0.25) is 0 Å². The molecule has 0 aliphatic heterocycles. The zero-order valence-corrected chi connectivity index (χ0v) is 11.7. The van der Waals surface area contributed by atoms with E-state index < -0.39 is 5.60 Å². The lowest BCUT2D eigenvalue weighted by Gasteiger charge is -2.35. The standard InChI is InChI=1S/C16H22OS/c17-15(10-6-1-2-7-11-15)16(12-13-16)18-14-8-4-3-5-9-14/h3-5,8-9,17H,1-2,6-7,10-13H2. The maximum absolute atomic E-state index is 11.1. The van der Waals surface area contributed by atoms with Crippen LogP contribution in [-0.2, 0) is 0 Å². The van der Waals surface area contributed by atoms with Crippen molar-refractivity contribution in [2.45, 2.75) is 66.6 Å². The van der Waals surface area contributed by atoms with Crippen LogP contribution in [0.1, 0.15) is 51.4 Å². The lowest BCUT2D eigenvalue weighted by Crippen LogP contribution is -2.41. The monoisotopic (exact) mass is 262 g/mol. The van der Waals surface area contributed by atoms with Gasteiger partial charge in [-0.1, -0.05) is 43.9 Å². The molecule has 1 N–H and O–H groups in total. The van der Waals surface area contributed by atoms with Crippen LogP contribution >= 0.6 is 11.8 Å². The molecule has 18 heavy (non-hydrogen) atoms. The largest absolute Gasteiger partial charge is 0.388 e. The van der Waals surface area contributed by atoms with Gasteiger partial charge in [0.25, 0.3) is 0 Å². The predicted molar refractivity (Wildman–Crippen MR) is 76.9 cm³/mol. The molecule has 3 rings (SSSR count). The Labute approximate surface area is 114 Å². The van der Waals surface area contributed by atoms with Crippen LogP contribution in [0, 0.1) is 0 Å². The molecule has 0 atom stereocenters. The van der Waals surface area contributed by atoms with Gasteiger partial charge in [0.15, 0.2) is 0 Å². The SMILES string of the molecule is OC1(C2(Sc3ccccc3)CC2)CCCCCC1. The van der Waals surface area contributed by atoms with Gasteiger partial charge in [-0.3, -0.25) is 0 Å². The molecule has 0 aromatic heterocycles. The highest BCUT2D eigenvalue weighted by Crippen LogP contribution is 2.61. The van der Waals surface area contributed by atoms with Crippen LogP contribution in [0.4, 0.5) is 0 Å². The van der Waals surface area contributed by atoms with Gasteiger partial charge in [0.05, 0.1) is 5.60 Å². The molecule has 1 aromatic carbocycles. The van der Waals surface area contributed by atoms with Crippen molar-refractivity contribution in [2.75, 3.05) is 0 Å². The Balaban J connectivity index is 1.77. The molecule has 2 aliphatic rings. The zero-order chi connectivity index (χ0) is 12.5. The molecule has 0 amide bonds. The van der Waals surface area contributed by atoms with E-state index in [1.807, 2.05) is 11.8 Å². The van der Waals surface area contributed by atoms with Gasteiger partial charge in [-0.05, 0) is 37.8 Å². The number of hydrogen-bond donors (Lipinski definition) is 1. The second-order valence-corrected chi connectivity index (χ2v) is 7.31. The normalized spacial score (nSPS) is 25.4. The predicted octanol–water partition coefficient (Wildman–Crippen LogP) is 4.40. The molecular weight excluding hydrogens is 240 g/mol. The molecule has 0 saturated heterocycles. The molecule has 98 valence electrons. The third-order valence-electron chi connectivity index (χ3n) is 4.54. The lowest BCUT2D eigenvalue weighted by atomic mass is 9.88. The fraction of sp³-hybridized carbons (Fsp3) is 0.625. The Morgan fingerprint density at radius 3 is 2.00 bits per heavy atom. The maximum Gasteiger partial charge on any atom is 0.0797 e. The summed E-state index contributed by atoms with van der Waals surface area (Å²) in [5.41, 5.74) is -0.413. The number of aliphatic hydroxyl groups is 1. The van der Waals surface area contributed by atoms with Gasteiger partial charge in [0.2, 0.25) is 0 Å². The minimum atomic E-state index is -0.413. The third kappa shape index (κ3) is 2.33. The van der Waals surface area contributed by atoms with Crippen molar-refractivity contribution < 1.29 is 5.11 Å². The summed E-state index contributed by atoms with van der Waals surface area (Å²) in [6, 6.07) is 10.6. The Morgan fingerprint density at radius 2 is 1.44 bits per heavy atom. The van der Waals surface area contributed by atoms with E-state index in [2.05, 4.69) is 30.3 Å². The summed E-state index contributed by atoms with van der Waals surface area (Å²) < 4.78 is 0.124. The quantitative estimate of drug-likeness (QED) is 0.815. The molecule has 2 saturated carbocycles. The first kappa shape index (κ1) is 12.6. The zero-order valence-electron chi connectivity index (χ0n) is 10.9. The summed E-state index contributed by atoms with van der Waals surface area (Å²) in [5, 5.41) is 11.1. The molecule has 0 radical (unpaired) electrons. The summed E-state index contributed by atoms with van der Waals surface area (Å²) in [6.45, 7) is 0. The van der Waals surface area contributed by atoms with Crippen LogP contribution in [0.15, 0.2) is 35.2 Å². The molecule has 0 spiro atoms. The van der Waals surface area contributed by atoms with Crippen LogP contribution in [-0.4, -0.2) is 15.5 Å². The minimum Gasteiger partial charge on any atom is -0.388 e. The van der Waals surface area contributed by atoms with Crippen molar-refractivity contribution in [3.05, 3.63) is 30.3 Å². The lowest BCUT2D eigenvalue weighted by molar-refractivity contribution is 0.0152. The number of hydrogen-bond acceptors (Lipinski definition) is 2. The number of thioether (sulfide) groups is 1. The van der Waals surface area contributed by atoms with Gasteiger partial charge < -0.3 is 5.11 Å². The fourth-order valence-electron chi connectivity index (χ4n) is 3.26.